The van der Waals surface area contributed by atoms with E-state index in [0.717, 1.165) is 16.9 Å². The molecule has 3 aromatic carbocycles. The molecule has 0 aromatic heterocycles. The summed E-state index contributed by atoms with van der Waals surface area (Å²) in [7, 11) is 0. The lowest BCUT2D eigenvalue weighted by Crippen LogP contribution is -2.04. The fourth-order valence-corrected chi connectivity index (χ4v) is 2.68. The van der Waals surface area contributed by atoms with E-state index in [4.69, 9.17) is 9.47 Å². The maximum Gasteiger partial charge on any atom is 0.336 e. The topological polar surface area (TPSA) is 52.6 Å². The Hall–Kier alpha value is -3.92. The number of hydrogen-bond acceptors (Lipinski definition) is 4. The van der Waals surface area contributed by atoms with E-state index in [1.165, 1.54) is 12.2 Å². The number of ether oxygens (including phenoxy) is 2. The van der Waals surface area contributed by atoms with E-state index in [1.807, 2.05) is 61.5 Å². The van der Waals surface area contributed by atoms with E-state index < -0.39 is 5.97 Å². The van der Waals surface area contributed by atoms with Gasteiger partial charge in [-0.05, 0) is 66.6 Å². The van der Waals surface area contributed by atoms with Gasteiger partial charge < -0.3 is 9.47 Å². The van der Waals surface area contributed by atoms with Crippen molar-refractivity contribution in [3.63, 3.8) is 0 Å². The summed E-state index contributed by atoms with van der Waals surface area (Å²) in [6.45, 7) is 2.54. The smallest absolute Gasteiger partial charge is 0.336 e. The summed E-state index contributed by atoms with van der Waals surface area (Å²) in [5.74, 6) is 0.563. The SMILES string of the molecule is CCOc1ccc(C=CC(=O)c2ccc(OC(=O)C=Cc3ccccc3)cc2)cc1. The van der Waals surface area contributed by atoms with Gasteiger partial charge >= 0.3 is 5.97 Å². The highest BCUT2D eigenvalue weighted by Gasteiger charge is 2.05. The van der Waals surface area contributed by atoms with Crippen LogP contribution in [-0.4, -0.2) is 18.4 Å². The summed E-state index contributed by atoms with van der Waals surface area (Å²) in [5.41, 5.74) is 2.33. The molecule has 4 heteroatoms. The number of ketones is 1. The van der Waals surface area contributed by atoms with E-state index in [0.29, 0.717) is 17.9 Å². The van der Waals surface area contributed by atoms with Crippen LogP contribution < -0.4 is 9.47 Å². The monoisotopic (exact) mass is 398 g/mol. The quantitative estimate of drug-likeness (QED) is 0.214. The average molecular weight is 398 g/mol. The van der Waals surface area contributed by atoms with E-state index in [9.17, 15) is 9.59 Å². The van der Waals surface area contributed by atoms with Gasteiger partial charge in [0.05, 0.1) is 6.61 Å². The fraction of sp³-hybridized carbons (Fsp3) is 0.0769. The number of carbonyl (C=O) groups excluding carboxylic acids is 2. The minimum absolute atomic E-state index is 0.134. The predicted octanol–water partition coefficient (Wildman–Crippen LogP) is 5.60. The Morgan fingerprint density at radius 2 is 1.33 bits per heavy atom. The van der Waals surface area contributed by atoms with Crippen LogP contribution in [0.4, 0.5) is 0 Å². The van der Waals surface area contributed by atoms with Gasteiger partial charge in [0.25, 0.3) is 0 Å². The molecule has 0 aliphatic heterocycles. The third-order valence-corrected chi connectivity index (χ3v) is 4.19. The molecule has 0 aliphatic rings. The Balaban J connectivity index is 1.56. The van der Waals surface area contributed by atoms with Crippen LogP contribution in [-0.2, 0) is 4.79 Å². The second-order valence-electron chi connectivity index (χ2n) is 6.39. The van der Waals surface area contributed by atoms with Crippen LogP contribution in [0.15, 0.2) is 91.0 Å². The largest absolute Gasteiger partial charge is 0.494 e. The van der Waals surface area contributed by atoms with Crippen LogP contribution in [0.3, 0.4) is 0 Å². The number of rotatable bonds is 8. The molecular formula is C26H22O4. The first-order valence-electron chi connectivity index (χ1n) is 9.64. The lowest BCUT2D eigenvalue weighted by Gasteiger charge is -2.03. The zero-order valence-corrected chi connectivity index (χ0v) is 16.7. The van der Waals surface area contributed by atoms with Crippen molar-refractivity contribution < 1.29 is 19.1 Å². The van der Waals surface area contributed by atoms with E-state index >= 15 is 0 Å². The van der Waals surface area contributed by atoms with Gasteiger partial charge in [0, 0.05) is 11.6 Å². The van der Waals surface area contributed by atoms with Crippen molar-refractivity contribution in [1.29, 1.82) is 0 Å². The molecule has 0 heterocycles. The van der Waals surface area contributed by atoms with Gasteiger partial charge in [-0.15, -0.1) is 0 Å². The van der Waals surface area contributed by atoms with Gasteiger partial charge in [0.15, 0.2) is 5.78 Å². The van der Waals surface area contributed by atoms with Crippen LogP contribution in [0, 0.1) is 0 Å². The highest BCUT2D eigenvalue weighted by molar-refractivity contribution is 6.06. The Labute approximate surface area is 176 Å². The molecule has 3 rings (SSSR count). The highest BCUT2D eigenvalue weighted by atomic mass is 16.5. The molecule has 4 nitrogen and oxygen atoms in total. The Kier molecular flexibility index (Phi) is 7.34. The minimum atomic E-state index is -0.478. The molecule has 0 fully saturated rings. The van der Waals surface area contributed by atoms with Crippen molar-refractivity contribution in [1.82, 2.24) is 0 Å². The van der Waals surface area contributed by atoms with Crippen LogP contribution >= 0.6 is 0 Å². The van der Waals surface area contributed by atoms with Crippen molar-refractivity contribution in [2.45, 2.75) is 6.92 Å². The summed E-state index contributed by atoms with van der Waals surface area (Å²) in [5, 5.41) is 0. The molecule has 0 saturated heterocycles. The van der Waals surface area contributed by atoms with Crippen LogP contribution in [0.2, 0.25) is 0 Å². The van der Waals surface area contributed by atoms with E-state index in [-0.39, 0.29) is 5.78 Å². The van der Waals surface area contributed by atoms with Crippen LogP contribution in [0.5, 0.6) is 11.5 Å². The van der Waals surface area contributed by atoms with Gasteiger partial charge in [-0.1, -0.05) is 48.5 Å². The molecule has 0 bridgehead atoms. The van der Waals surface area contributed by atoms with Crippen molar-refractivity contribution in [2.24, 2.45) is 0 Å². The second kappa shape index (κ2) is 10.6. The number of esters is 1. The number of hydrogen-bond donors (Lipinski definition) is 0. The number of benzene rings is 3. The molecule has 0 radical (unpaired) electrons. The summed E-state index contributed by atoms with van der Waals surface area (Å²) in [6, 6.07) is 23.5. The molecule has 150 valence electrons. The van der Waals surface area contributed by atoms with Crippen LogP contribution in [0.25, 0.3) is 12.2 Å². The lowest BCUT2D eigenvalue weighted by molar-refractivity contribution is -0.128. The Bertz CT molecular complexity index is 1030. The molecule has 0 N–H and O–H groups in total. The fourth-order valence-electron chi connectivity index (χ4n) is 2.68. The molecule has 30 heavy (non-hydrogen) atoms. The van der Waals surface area contributed by atoms with E-state index in [2.05, 4.69) is 0 Å². The average Bonchev–Trinajstić information content (AvgIpc) is 2.78. The predicted molar refractivity (Wildman–Crippen MR) is 119 cm³/mol. The van der Waals surface area contributed by atoms with Gasteiger partial charge in [-0.3, -0.25) is 4.79 Å². The van der Waals surface area contributed by atoms with E-state index in [1.54, 1.807) is 36.4 Å². The molecule has 0 amide bonds. The standard InChI is InChI=1S/C26H22O4/c1-2-29-23-14-8-21(9-15-23)10-18-25(27)22-12-16-24(17-13-22)30-26(28)19-11-20-6-4-3-5-7-20/h3-19H,2H2,1H3. The molecule has 0 unspecified atom stereocenters. The zero-order valence-electron chi connectivity index (χ0n) is 16.7. The van der Waals surface area contributed by atoms with Crippen molar-refractivity contribution in [2.75, 3.05) is 6.61 Å². The number of carbonyl (C=O) groups is 2. The summed E-state index contributed by atoms with van der Waals surface area (Å²) >= 11 is 0. The summed E-state index contributed by atoms with van der Waals surface area (Å²) < 4.78 is 10.7. The first-order chi connectivity index (χ1) is 14.6. The first-order valence-corrected chi connectivity index (χ1v) is 9.64. The number of allylic oxidation sites excluding steroid dienone is 1. The summed E-state index contributed by atoms with van der Waals surface area (Å²) in [4.78, 5) is 24.3. The second-order valence-corrected chi connectivity index (χ2v) is 6.39. The highest BCUT2D eigenvalue weighted by Crippen LogP contribution is 2.16. The van der Waals surface area contributed by atoms with Gasteiger partial charge in [0.1, 0.15) is 11.5 Å². The molecule has 3 aromatic rings. The Morgan fingerprint density at radius 1 is 0.733 bits per heavy atom. The lowest BCUT2D eigenvalue weighted by atomic mass is 10.1. The molecule has 0 atom stereocenters. The minimum Gasteiger partial charge on any atom is -0.494 e. The third-order valence-electron chi connectivity index (χ3n) is 4.19. The van der Waals surface area contributed by atoms with Gasteiger partial charge in [0.2, 0.25) is 0 Å². The van der Waals surface area contributed by atoms with Crippen molar-refractivity contribution in [3.8, 4) is 11.5 Å². The van der Waals surface area contributed by atoms with Crippen molar-refractivity contribution in [3.05, 3.63) is 108 Å². The molecule has 0 saturated carbocycles. The third kappa shape index (κ3) is 6.31. The van der Waals surface area contributed by atoms with Crippen molar-refractivity contribution >= 4 is 23.9 Å². The van der Waals surface area contributed by atoms with Crippen LogP contribution in [0.1, 0.15) is 28.4 Å². The Morgan fingerprint density at radius 3 is 2.00 bits per heavy atom. The molecular weight excluding hydrogens is 376 g/mol. The first kappa shape index (κ1) is 20.8. The molecule has 0 aliphatic carbocycles. The maximum absolute atomic E-state index is 12.3. The maximum atomic E-state index is 12.3. The van der Waals surface area contributed by atoms with Gasteiger partial charge in [-0.25, -0.2) is 4.79 Å². The normalized spacial score (nSPS) is 11.0. The zero-order chi connectivity index (χ0) is 21.2. The van der Waals surface area contributed by atoms with Gasteiger partial charge in [-0.2, -0.15) is 0 Å². The molecule has 0 spiro atoms. The summed E-state index contributed by atoms with van der Waals surface area (Å²) in [6.07, 6.45) is 6.32.